The number of hydrogen-bond acceptors (Lipinski definition) is 5. The van der Waals surface area contributed by atoms with Gasteiger partial charge in [-0.15, -0.1) is 11.3 Å². The van der Waals surface area contributed by atoms with E-state index in [4.69, 9.17) is 4.74 Å². The lowest BCUT2D eigenvalue weighted by atomic mass is 9.97. The Kier molecular flexibility index (Phi) is 5.34. The number of nitrogens with zero attached hydrogens (tertiary/aromatic N) is 2. The molecule has 1 saturated heterocycles. The number of aryl methyl sites for hydroxylation is 1. The molecule has 0 aliphatic carbocycles. The lowest BCUT2D eigenvalue weighted by molar-refractivity contribution is -0.149. The van der Waals surface area contributed by atoms with Crippen molar-refractivity contribution in [2.45, 2.75) is 33.1 Å². The first kappa shape index (κ1) is 14.5. The highest BCUT2D eigenvalue weighted by molar-refractivity contribution is 7.09. The Hall–Kier alpha value is -0.940. The second kappa shape index (κ2) is 7.01. The van der Waals surface area contributed by atoms with E-state index < -0.39 is 0 Å². The lowest BCUT2D eigenvalue weighted by Crippen LogP contribution is -2.38. The van der Waals surface area contributed by atoms with Crippen molar-refractivity contribution >= 4 is 17.3 Å². The monoisotopic (exact) mass is 282 g/mol. The summed E-state index contributed by atoms with van der Waals surface area (Å²) in [5, 5.41) is 0. The molecule has 0 bridgehead atoms. The Bertz CT molecular complexity index is 411. The summed E-state index contributed by atoms with van der Waals surface area (Å²) in [6, 6.07) is 0. The Balaban J connectivity index is 1.72. The summed E-state index contributed by atoms with van der Waals surface area (Å²) < 4.78 is 5.09. The van der Waals surface area contributed by atoms with Gasteiger partial charge >= 0.3 is 5.97 Å². The molecule has 2 heterocycles. The number of esters is 1. The average molecular weight is 282 g/mol. The van der Waals surface area contributed by atoms with Crippen LogP contribution in [0.2, 0.25) is 0 Å². The van der Waals surface area contributed by atoms with Crippen molar-refractivity contribution in [3.8, 4) is 0 Å². The predicted molar refractivity (Wildman–Crippen MR) is 76.4 cm³/mol. The van der Waals surface area contributed by atoms with Gasteiger partial charge in [0.25, 0.3) is 0 Å². The molecule has 1 aromatic heterocycles. The number of likely N-dealkylation sites (tertiary alicyclic amines) is 1. The summed E-state index contributed by atoms with van der Waals surface area (Å²) in [4.78, 5) is 19.7. The van der Waals surface area contributed by atoms with Gasteiger partial charge in [-0.3, -0.25) is 4.79 Å². The molecule has 19 heavy (non-hydrogen) atoms. The smallest absolute Gasteiger partial charge is 0.309 e. The summed E-state index contributed by atoms with van der Waals surface area (Å²) in [5.41, 5.74) is 3.07. The number of piperidine rings is 1. The molecule has 0 N–H and O–H groups in total. The van der Waals surface area contributed by atoms with E-state index in [-0.39, 0.29) is 11.9 Å². The third-order valence-corrected chi connectivity index (χ3v) is 4.70. The number of thiazole rings is 1. The molecule has 0 saturated carbocycles. The Morgan fingerprint density at radius 2 is 2.26 bits per heavy atom. The van der Waals surface area contributed by atoms with E-state index in [1.807, 2.05) is 12.4 Å². The number of carbonyl (C=O) groups is 1. The first-order valence-corrected chi connectivity index (χ1v) is 7.86. The molecule has 1 aliphatic heterocycles. The molecule has 2 rings (SSSR count). The van der Waals surface area contributed by atoms with E-state index in [9.17, 15) is 4.79 Å². The van der Waals surface area contributed by atoms with Gasteiger partial charge in [0.05, 0.1) is 23.7 Å². The van der Waals surface area contributed by atoms with Crippen LogP contribution in [0.1, 0.15) is 30.3 Å². The van der Waals surface area contributed by atoms with Crippen LogP contribution in [-0.4, -0.2) is 42.1 Å². The van der Waals surface area contributed by atoms with E-state index in [1.54, 1.807) is 11.3 Å². The number of carbonyl (C=O) groups excluding carboxylic acids is 1. The molecule has 5 heteroatoms. The van der Waals surface area contributed by atoms with Crippen molar-refractivity contribution in [3.63, 3.8) is 0 Å². The lowest BCUT2D eigenvalue weighted by Gasteiger charge is -2.30. The van der Waals surface area contributed by atoms with E-state index >= 15 is 0 Å². The van der Waals surface area contributed by atoms with Gasteiger partial charge < -0.3 is 9.64 Å². The van der Waals surface area contributed by atoms with Crippen LogP contribution in [0.3, 0.4) is 0 Å². The van der Waals surface area contributed by atoms with Crippen molar-refractivity contribution < 1.29 is 9.53 Å². The van der Waals surface area contributed by atoms with E-state index in [0.717, 1.165) is 44.6 Å². The molecule has 0 radical (unpaired) electrons. The number of ether oxygens (including phenoxy) is 1. The van der Waals surface area contributed by atoms with Crippen molar-refractivity contribution in [2.75, 3.05) is 26.2 Å². The first-order chi connectivity index (χ1) is 9.20. The molecular formula is C14H22N2O2S. The van der Waals surface area contributed by atoms with Crippen LogP contribution in [-0.2, 0) is 16.0 Å². The summed E-state index contributed by atoms with van der Waals surface area (Å²) in [7, 11) is 0. The van der Waals surface area contributed by atoms with Crippen molar-refractivity contribution in [3.05, 3.63) is 16.1 Å². The maximum atomic E-state index is 11.6. The van der Waals surface area contributed by atoms with Gasteiger partial charge in [-0.1, -0.05) is 0 Å². The van der Waals surface area contributed by atoms with Crippen LogP contribution in [0, 0.1) is 12.8 Å². The second-order valence-electron chi connectivity index (χ2n) is 4.98. The zero-order valence-electron chi connectivity index (χ0n) is 11.7. The average Bonchev–Trinajstić information content (AvgIpc) is 2.83. The van der Waals surface area contributed by atoms with Gasteiger partial charge in [0.2, 0.25) is 0 Å². The van der Waals surface area contributed by atoms with Gasteiger partial charge in [-0.05, 0) is 46.2 Å². The molecular weight excluding hydrogens is 260 g/mol. The largest absolute Gasteiger partial charge is 0.466 e. The van der Waals surface area contributed by atoms with Gasteiger partial charge in [0.1, 0.15) is 0 Å². The molecule has 0 atom stereocenters. The van der Waals surface area contributed by atoms with E-state index in [0.29, 0.717) is 6.61 Å². The Labute approximate surface area is 118 Å². The van der Waals surface area contributed by atoms with Crippen LogP contribution in [0.25, 0.3) is 0 Å². The minimum absolute atomic E-state index is 0.0135. The van der Waals surface area contributed by atoms with Gasteiger partial charge in [-0.25, -0.2) is 4.98 Å². The zero-order valence-corrected chi connectivity index (χ0v) is 12.5. The van der Waals surface area contributed by atoms with Crippen LogP contribution < -0.4 is 0 Å². The number of hydrogen-bond donors (Lipinski definition) is 0. The Morgan fingerprint density at radius 1 is 1.53 bits per heavy atom. The predicted octanol–water partition coefficient (Wildman–Crippen LogP) is 2.27. The quantitative estimate of drug-likeness (QED) is 0.777. The zero-order chi connectivity index (χ0) is 13.7. The fraction of sp³-hybridized carbons (Fsp3) is 0.714. The summed E-state index contributed by atoms with van der Waals surface area (Å²) in [6.45, 7) is 7.49. The van der Waals surface area contributed by atoms with Gasteiger partial charge in [0, 0.05) is 11.4 Å². The first-order valence-electron chi connectivity index (χ1n) is 6.98. The molecule has 1 aromatic rings. The topological polar surface area (TPSA) is 42.4 Å². The van der Waals surface area contributed by atoms with E-state index in [2.05, 4.69) is 16.8 Å². The molecule has 0 aromatic carbocycles. The van der Waals surface area contributed by atoms with Crippen LogP contribution >= 0.6 is 11.3 Å². The third-order valence-electron chi connectivity index (χ3n) is 3.71. The maximum absolute atomic E-state index is 11.6. The summed E-state index contributed by atoms with van der Waals surface area (Å²) in [6.07, 6.45) is 2.93. The molecule has 1 fully saturated rings. The molecule has 1 aliphatic rings. The van der Waals surface area contributed by atoms with Crippen molar-refractivity contribution in [2.24, 2.45) is 5.92 Å². The van der Waals surface area contributed by atoms with Crippen molar-refractivity contribution in [1.82, 2.24) is 9.88 Å². The molecule has 0 amide bonds. The van der Waals surface area contributed by atoms with Crippen LogP contribution in [0.15, 0.2) is 5.51 Å². The normalized spacial score (nSPS) is 17.6. The molecule has 4 nitrogen and oxygen atoms in total. The number of rotatable bonds is 5. The molecule has 0 spiro atoms. The molecule has 106 valence electrons. The molecule has 0 unspecified atom stereocenters. The van der Waals surface area contributed by atoms with Crippen molar-refractivity contribution in [1.29, 1.82) is 0 Å². The minimum Gasteiger partial charge on any atom is -0.466 e. The summed E-state index contributed by atoms with van der Waals surface area (Å²) in [5.74, 6) is 0.0989. The van der Waals surface area contributed by atoms with Gasteiger partial charge in [-0.2, -0.15) is 0 Å². The maximum Gasteiger partial charge on any atom is 0.309 e. The van der Waals surface area contributed by atoms with Crippen LogP contribution in [0.4, 0.5) is 0 Å². The van der Waals surface area contributed by atoms with Gasteiger partial charge in [0.15, 0.2) is 0 Å². The third kappa shape index (κ3) is 4.01. The van der Waals surface area contributed by atoms with Crippen LogP contribution in [0.5, 0.6) is 0 Å². The highest BCUT2D eigenvalue weighted by Gasteiger charge is 2.25. The SMILES string of the molecule is CCOC(=O)C1CCN(CCc2scnc2C)CC1. The highest BCUT2D eigenvalue weighted by Crippen LogP contribution is 2.20. The fourth-order valence-corrected chi connectivity index (χ4v) is 3.25. The number of aromatic nitrogens is 1. The standard InChI is InChI=1S/C14H22N2O2S/c1-3-18-14(17)12-4-7-16(8-5-12)9-6-13-11(2)15-10-19-13/h10,12H,3-9H2,1-2H3. The fourth-order valence-electron chi connectivity index (χ4n) is 2.48. The minimum atomic E-state index is -0.0135. The highest BCUT2D eigenvalue weighted by atomic mass is 32.1. The second-order valence-corrected chi connectivity index (χ2v) is 5.92. The Morgan fingerprint density at radius 3 is 2.84 bits per heavy atom. The summed E-state index contributed by atoms with van der Waals surface area (Å²) >= 11 is 1.74. The van der Waals surface area contributed by atoms with E-state index in [1.165, 1.54) is 4.88 Å².